The first-order valence-corrected chi connectivity index (χ1v) is 9.87. The molecule has 0 spiro atoms. The van der Waals surface area contributed by atoms with Crippen molar-refractivity contribution in [1.82, 2.24) is 14.8 Å². The number of hydrogen-bond acceptors (Lipinski definition) is 7. The number of carbonyl (C=O) groups excluding carboxylic acids is 2. The number of nitrogens with two attached hydrogens (primary N) is 1. The van der Waals surface area contributed by atoms with Crippen molar-refractivity contribution in [3.05, 3.63) is 38.7 Å². The van der Waals surface area contributed by atoms with Gasteiger partial charge in [-0.3, -0.25) is 14.2 Å². The SMILES string of the molecule is NC(=O)CCn1c(SCC(=O)c2cc(Cl)sc2Cl)nnc1-c1ccco1. The van der Waals surface area contributed by atoms with Crippen LogP contribution >= 0.6 is 46.3 Å². The second-order valence-corrected chi connectivity index (χ2v) is 8.33. The Kier molecular flexibility index (Phi) is 6.02. The van der Waals surface area contributed by atoms with Crippen molar-refractivity contribution in [1.29, 1.82) is 0 Å². The Hall–Kier alpha value is -1.81. The second kappa shape index (κ2) is 8.26. The van der Waals surface area contributed by atoms with Gasteiger partial charge in [-0.1, -0.05) is 35.0 Å². The van der Waals surface area contributed by atoms with Crippen molar-refractivity contribution < 1.29 is 14.0 Å². The first-order chi connectivity index (χ1) is 12.5. The highest BCUT2D eigenvalue weighted by Crippen LogP contribution is 2.33. The number of amides is 1. The van der Waals surface area contributed by atoms with Crippen LogP contribution in [0.15, 0.2) is 34.0 Å². The largest absolute Gasteiger partial charge is 0.461 e. The molecule has 0 aliphatic carbocycles. The number of rotatable bonds is 8. The molecule has 0 saturated carbocycles. The minimum absolute atomic E-state index is 0.0969. The van der Waals surface area contributed by atoms with Crippen LogP contribution in [0.4, 0.5) is 0 Å². The first-order valence-electron chi connectivity index (χ1n) is 7.32. The Morgan fingerprint density at radius 3 is 2.77 bits per heavy atom. The van der Waals surface area contributed by atoms with Gasteiger partial charge in [0.2, 0.25) is 5.91 Å². The van der Waals surface area contributed by atoms with Crippen molar-refractivity contribution in [3.63, 3.8) is 0 Å². The number of thiophene rings is 1. The molecule has 11 heteroatoms. The Labute approximate surface area is 166 Å². The lowest BCUT2D eigenvalue weighted by Gasteiger charge is -2.07. The number of nitrogens with zero attached hydrogens (tertiary/aromatic N) is 3. The zero-order valence-electron chi connectivity index (χ0n) is 13.1. The van der Waals surface area contributed by atoms with E-state index in [0.717, 1.165) is 11.3 Å². The number of Topliss-reactive ketones (excluding diaryl/α,β-unsaturated/α-hetero) is 1. The van der Waals surface area contributed by atoms with E-state index in [1.807, 2.05) is 0 Å². The van der Waals surface area contributed by atoms with Crippen molar-refractivity contribution in [2.24, 2.45) is 5.73 Å². The maximum atomic E-state index is 12.4. The van der Waals surface area contributed by atoms with E-state index in [4.69, 9.17) is 33.4 Å². The zero-order chi connectivity index (χ0) is 18.7. The monoisotopic (exact) mass is 430 g/mol. The molecule has 3 rings (SSSR count). The summed E-state index contributed by atoms with van der Waals surface area (Å²) in [4.78, 5) is 23.5. The predicted molar refractivity (Wildman–Crippen MR) is 101 cm³/mol. The lowest BCUT2D eigenvalue weighted by Crippen LogP contribution is -2.15. The average Bonchev–Trinajstić information content (AvgIpc) is 3.30. The highest BCUT2D eigenvalue weighted by molar-refractivity contribution is 7.99. The third-order valence-electron chi connectivity index (χ3n) is 3.33. The number of primary amides is 1. The van der Waals surface area contributed by atoms with Crippen LogP contribution in [0.3, 0.4) is 0 Å². The lowest BCUT2D eigenvalue weighted by atomic mass is 10.2. The molecule has 0 atom stereocenters. The summed E-state index contributed by atoms with van der Waals surface area (Å²) in [5.41, 5.74) is 5.62. The molecule has 0 aliphatic rings. The lowest BCUT2D eigenvalue weighted by molar-refractivity contribution is -0.118. The van der Waals surface area contributed by atoms with Crippen LogP contribution in [0.5, 0.6) is 0 Å². The summed E-state index contributed by atoms with van der Waals surface area (Å²) in [6, 6.07) is 5.00. The number of aromatic nitrogens is 3. The smallest absolute Gasteiger partial charge is 0.219 e. The topological polar surface area (TPSA) is 104 Å². The Balaban J connectivity index is 1.79. The van der Waals surface area contributed by atoms with Crippen LogP contribution in [-0.2, 0) is 11.3 Å². The Morgan fingerprint density at radius 1 is 1.35 bits per heavy atom. The minimum atomic E-state index is -0.448. The third kappa shape index (κ3) is 4.29. The van der Waals surface area contributed by atoms with Crippen LogP contribution in [0.25, 0.3) is 11.6 Å². The maximum Gasteiger partial charge on any atom is 0.219 e. The molecule has 3 heterocycles. The molecule has 7 nitrogen and oxygen atoms in total. The van der Waals surface area contributed by atoms with Gasteiger partial charge < -0.3 is 10.2 Å². The van der Waals surface area contributed by atoms with Gasteiger partial charge in [0.15, 0.2) is 22.5 Å². The molecule has 26 heavy (non-hydrogen) atoms. The van der Waals surface area contributed by atoms with Gasteiger partial charge in [-0.05, 0) is 18.2 Å². The highest BCUT2D eigenvalue weighted by atomic mass is 35.5. The molecule has 2 N–H and O–H groups in total. The van der Waals surface area contributed by atoms with Gasteiger partial charge in [0, 0.05) is 18.5 Å². The summed E-state index contributed by atoms with van der Waals surface area (Å²) < 4.78 is 7.85. The maximum absolute atomic E-state index is 12.4. The highest BCUT2D eigenvalue weighted by Gasteiger charge is 2.20. The standard InChI is InChI=1S/C15H12Cl2N4O3S2/c16-11-6-8(13(17)26-11)9(22)7-25-15-20-19-14(10-2-1-5-24-10)21(15)4-3-12(18)23/h1-2,5-6H,3-4,7H2,(H2,18,23). The van der Waals surface area contributed by atoms with E-state index in [9.17, 15) is 9.59 Å². The molecule has 0 fully saturated rings. The van der Waals surface area contributed by atoms with E-state index in [1.54, 1.807) is 22.8 Å². The summed E-state index contributed by atoms with van der Waals surface area (Å²) in [5.74, 6) is 0.443. The minimum Gasteiger partial charge on any atom is -0.461 e. The predicted octanol–water partition coefficient (Wildman–Crippen LogP) is 3.76. The van der Waals surface area contributed by atoms with Crippen LogP contribution in [0.2, 0.25) is 8.67 Å². The van der Waals surface area contributed by atoms with Gasteiger partial charge in [0.25, 0.3) is 0 Å². The average molecular weight is 431 g/mol. The van der Waals surface area contributed by atoms with Gasteiger partial charge in [0.05, 0.1) is 16.4 Å². The van der Waals surface area contributed by atoms with Crippen LogP contribution in [-0.4, -0.2) is 32.2 Å². The summed E-state index contributed by atoms with van der Waals surface area (Å²) in [7, 11) is 0. The fraction of sp³-hybridized carbons (Fsp3) is 0.200. The van der Waals surface area contributed by atoms with Gasteiger partial charge in [-0.25, -0.2) is 0 Å². The number of halogens is 2. The van der Waals surface area contributed by atoms with E-state index in [0.29, 0.717) is 31.0 Å². The third-order valence-corrected chi connectivity index (χ3v) is 5.78. The van der Waals surface area contributed by atoms with Crippen molar-refractivity contribution in [2.75, 3.05) is 5.75 Å². The van der Waals surface area contributed by atoms with E-state index >= 15 is 0 Å². The molecule has 0 radical (unpaired) electrons. The van der Waals surface area contributed by atoms with E-state index in [2.05, 4.69) is 10.2 Å². The van der Waals surface area contributed by atoms with Crippen LogP contribution < -0.4 is 5.73 Å². The van der Waals surface area contributed by atoms with Crippen LogP contribution in [0, 0.1) is 0 Å². The summed E-state index contributed by atoms with van der Waals surface area (Å²) >= 11 is 14.2. The quantitative estimate of drug-likeness (QED) is 0.430. The number of ketones is 1. The number of hydrogen-bond donors (Lipinski definition) is 1. The zero-order valence-corrected chi connectivity index (χ0v) is 16.3. The van der Waals surface area contributed by atoms with Crippen LogP contribution in [0.1, 0.15) is 16.8 Å². The molecule has 3 aromatic rings. The molecule has 0 aliphatic heterocycles. The molecule has 0 saturated heterocycles. The number of furan rings is 1. The van der Waals surface area contributed by atoms with Gasteiger partial charge in [0.1, 0.15) is 4.34 Å². The van der Waals surface area contributed by atoms with E-state index in [1.165, 1.54) is 18.0 Å². The molecular weight excluding hydrogens is 419 g/mol. The normalized spacial score (nSPS) is 11.0. The molecule has 0 unspecified atom stereocenters. The van der Waals surface area contributed by atoms with Gasteiger partial charge >= 0.3 is 0 Å². The summed E-state index contributed by atoms with van der Waals surface area (Å²) in [5, 5.41) is 8.67. The molecule has 1 amide bonds. The Morgan fingerprint density at radius 2 is 2.15 bits per heavy atom. The second-order valence-electron chi connectivity index (χ2n) is 5.10. The molecule has 0 bridgehead atoms. The number of thioether (sulfide) groups is 1. The molecule has 136 valence electrons. The molecular formula is C15H12Cl2N4O3S2. The van der Waals surface area contributed by atoms with E-state index < -0.39 is 5.91 Å². The first kappa shape index (κ1) is 19.0. The Bertz CT molecular complexity index is 937. The van der Waals surface area contributed by atoms with Gasteiger partial charge in [-0.2, -0.15) is 0 Å². The van der Waals surface area contributed by atoms with E-state index in [-0.39, 0.29) is 24.5 Å². The fourth-order valence-electron chi connectivity index (χ4n) is 2.15. The van der Waals surface area contributed by atoms with Gasteiger partial charge in [-0.15, -0.1) is 21.5 Å². The number of carbonyl (C=O) groups is 2. The summed E-state index contributed by atoms with van der Waals surface area (Å²) in [6.45, 7) is 0.278. The molecule has 3 aromatic heterocycles. The fourth-order valence-corrected chi connectivity index (χ4v) is 4.49. The van der Waals surface area contributed by atoms with Crippen molar-refractivity contribution in [2.45, 2.75) is 18.1 Å². The summed E-state index contributed by atoms with van der Waals surface area (Å²) in [6.07, 6.45) is 1.63. The van der Waals surface area contributed by atoms with Crippen molar-refractivity contribution in [3.8, 4) is 11.6 Å². The van der Waals surface area contributed by atoms with Crippen molar-refractivity contribution >= 4 is 58.0 Å². The molecule has 0 aromatic carbocycles.